The van der Waals surface area contributed by atoms with Gasteiger partial charge in [0.2, 0.25) is 0 Å². The molecule has 1 aliphatic rings. The molecule has 6 heteroatoms. The minimum Gasteiger partial charge on any atom is -0.493 e. The van der Waals surface area contributed by atoms with Gasteiger partial charge in [0.05, 0.1) is 17.6 Å². The largest absolute Gasteiger partial charge is 0.493 e. The number of hydrogen-bond acceptors (Lipinski definition) is 5. The highest BCUT2D eigenvalue weighted by molar-refractivity contribution is 7.90. The molecule has 1 N–H and O–H groups in total. The third kappa shape index (κ3) is 5.81. The monoisotopic (exact) mass is 417 g/mol. The van der Waals surface area contributed by atoms with E-state index in [1.807, 2.05) is 49.4 Å². The van der Waals surface area contributed by atoms with Crippen LogP contribution in [0.25, 0.3) is 11.1 Å². The van der Waals surface area contributed by atoms with Gasteiger partial charge in [0.25, 0.3) is 0 Å². The molecule has 0 aliphatic carbocycles. The second kappa shape index (κ2) is 9.28. The Morgan fingerprint density at radius 1 is 1.21 bits per heavy atom. The van der Waals surface area contributed by atoms with Gasteiger partial charge in [0, 0.05) is 24.4 Å². The number of likely N-dealkylation sites (tertiary alicyclic amines) is 1. The van der Waals surface area contributed by atoms with Crippen molar-refractivity contribution in [3.8, 4) is 16.9 Å². The molecule has 0 aromatic heterocycles. The molecule has 3 atom stereocenters. The average molecular weight is 418 g/mol. The lowest BCUT2D eigenvalue weighted by Crippen LogP contribution is -2.45. The quantitative estimate of drug-likeness (QED) is 0.745. The van der Waals surface area contributed by atoms with Gasteiger partial charge in [-0.05, 0) is 62.9 Å². The number of aliphatic hydroxyl groups is 1. The average Bonchev–Trinajstić information content (AvgIpc) is 2.68. The molecule has 1 saturated heterocycles. The molecule has 1 fully saturated rings. The summed E-state index contributed by atoms with van der Waals surface area (Å²) in [4.78, 5) is 2.61. The van der Waals surface area contributed by atoms with Gasteiger partial charge in [-0.25, -0.2) is 8.42 Å². The highest BCUT2D eigenvalue weighted by atomic mass is 32.2. The fourth-order valence-electron chi connectivity index (χ4n) is 4.05. The molecule has 158 valence electrons. The fraction of sp³-hybridized carbons (Fsp3) is 0.478. The minimum atomic E-state index is -3.39. The highest BCUT2D eigenvalue weighted by Crippen LogP contribution is 2.31. The Balaban J connectivity index is 1.69. The van der Waals surface area contributed by atoms with Gasteiger partial charge in [0.1, 0.15) is 5.75 Å². The van der Waals surface area contributed by atoms with Crippen molar-refractivity contribution in [2.75, 3.05) is 26.0 Å². The SMILES string of the molecule is CC(O)CN1CCC(COc2ccc(-c3ccccc3)c(S(C)(=O)=O)c2)CC1C. The van der Waals surface area contributed by atoms with E-state index < -0.39 is 9.84 Å². The number of benzene rings is 2. The number of aliphatic hydroxyl groups excluding tert-OH is 1. The Kier molecular flexibility index (Phi) is 6.98. The van der Waals surface area contributed by atoms with Crippen LogP contribution in [-0.4, -0.2) is 56.5 Å². The molecule has 0 radical (unpaired) electrons. The minimum absolute atomic E-state index is 0.293. The third-order valence-corrected chi connectivity index (χ3v) is 6.68. The van der Waals surface area contributed by atoms with Crippen molar-refractivity contribution in [1.29, 1.82) is 0 Å². The molecule has 0 bridgehead atoms. The Bertz CT molecular complexity index is 912. The summed E-state index contributed by atoms with van der Waals surface area (Å²) in [7, 11) is -3.39. The standard InChI is InChI=1S/C23H31NO4S/c1-17-13-19(11-12-24(17)15-18(2)25)16-28-21-9-10-22(20-7-5-4-6-8-20)23(14-21)29(3,26)27/h4-10,14,17-19,25H,11-13,15-16H2,1-3H3. The Morgan fingerprint density at radius 3 is 2.55 bits per heavy atom. The zero-order chi connectivity index (χ0) is 21.0. The van der Waals surface area contributed by atoms with Crippen LogP contribution in [0.15, 0.2) is 53.4 Å². The maximum atomic E-state index is 12.4. The summed E-state index contributed by atoms with van der Waals surface area (Å²) in [5, 5.41) is 9.62. The highest BCUT2D eigenvalue weighted by Gasteiger charge is 2.26. The van der Waals surface area contributed by atoms with E-state index in [9.17, 15) is 13.5 Å². The van der Waals surface area contributed by atoms with Gasteiger partial charge in [-0.1, -0.05) is 30.3 Å². The number of sulfone groups is 1. The van der Waals surface area contributed by atoms with E-state index in [2.05, 4.69) is 11.8 Å². The number of nitrogens with zero attached hydrogens (tertiary/aromatic N) is 1. The number of ether oxygens (including phenoxy) is 1. The van der Waals surface area contributed by atoms with Crippen molar-refractivity contribution < 1.29 is 18.3 Å². The molecule has 3 unspecified atom stereocenters. The van der Waals surface area contributed by atoms with E-state index in [1.165, 1.54) is 6.26 Å². The van der Waals surface area contributed by atoms with Crippen molar-refractivity contribution in [2.45, 2.75) is 43.7 Å². The second-order valence-electron chi connectivity index (χ2n) is 8.19. The first-order valence-corrected chi connectivity index (χ1v) is 12.1. The Hall–Kier alpha value is -1.89. The summed E-state index contributed by atoms with van der Waals surface area (Å²) in [5.41, 5.74) is 1.57. The van der Waals surface area contributed by atoms with Crippen LogP contribution in [0.3, 0.4) is 0 Å². The Morgan fingerprint density at radius 2 is 1.93 bits per heavy atom. The summed E-state index contributed by atoms with van der Waals surface area (Å²) >= 11 is 0. The predicted octanol–water partition coefficient (Wildman–Crippen LogP) is 3.62. The summed E-state index contributed by atoms with van der Waals surface area (Å²) < 4.78 is 30.7. The second-order valence-corrected chi connectivity index (χ2v) is 10.2. The van der Waals surface area contributed by atoms with Gasteiger partial charge >= 0.3 is 0 Å². The lowest BCUT2D eigenvalue weighted by atomic mass is 9.92. The number of β-amino-alcohol motifs (C(OH)–C–C–N with tert-alkyl or cyclic N) is 1. The predicted molar refractivity (Wildman–Crippen MR) is 116 cm³/mol. The zero-order valence-corrected chi connectivity index (χ0v) is 18.2. The maximum absolute atomic E-state index is 12.4. The number of rotatable bonds is 7. The number of hydrogen-bond donors (Lipinski definition) is 1. The van der Waals surface area contributed by atoms with Crippen molar-refractivity contribution in [1.82, 2.24) is 4.90 Å². The van der Waals surface area contributed by atoms with Crippen LogP contribution < -0.4 is 4.74 Å². The van der Waals surface area contributed by atoms with Gasteiger partial charge in [0.15, 0.2) is 9.84 Å². The lowest BCUT2D eigenvalue weighted by Gasteiger charge is -2.38. The summed E-state index contributed by atoms with van der Waals surface area (Å²) in [6.45, 7) is 6.22. The molecular formula is C23H31NO4S. The van der Waals surface area contributed by atoms with Crippen LogP contribution in [-0.2, 0) is 9.84 Å². The molecule has 2 aromatic rings. The third-order valence-electron chi connectivity index (χ3n) is 5.54. The van der Waals surface area contributed by atoms with Crippen LogP contribution in [0.1, 0.15) is 26.7 Å². The van der Waals surface area contributed by atoms with Crippen LogP contribution in [0.4, 0.5) is 0 Å². The van der Waals surface area contributed by atoms with Gasteiger partial charge in [-0.3, -0.25) is 4.90 Å². The lowest BCUT2D eigenvalue weighted by molar-refractivity contribution is 0.0539. The maximum Gasteiger partial charge on any atom is 0.176 e. The van der Waals surface area contributed by atoms with Crippen LogP contribution in [0, 0.1) is 5.92 Å². The summed E-state index contributed by atoms with van der Waals surface area (Å²) in [5.74, 6) is 1.01. The van der Waals surface area contributed by atoms with Gasteiger partial charge in [-0.15, -0.1) is 0 Å². The van der Waals surface area contributed by atoms with E-state index in [0.717, 1.165) is 24.9 Å². The zero-order valence-electron chi connectivity index (χ0n) is 17.4. The van der Waals surface area contributed by atoms with E-state index in [0.29, 0.717) is 41.3 Å². The smallest absolute Gasteiger partial charge is 0.176 e. The molecule has 0 amide bonds. The van der Waals surface area contributed by atoms with Gasteiger partial charge < -0.3 is 9.84 Å². The fourth-order valence-corrected chi connectivity index (χ4v) is 4.97. The van der Waals surface area contributed by atoms with E-state index in [-0.39, 0.29) is 6.10 Å². The first-order valence-electron chi connectivity index (χ1n) is 10.2. The molecule has 3 rings (SSSR count). The molecule has 2 aromatic carbocycles. The normalized spacial score (nSPS) is 21.7. The van der Waals surface area contributed by atoms with E-state index >= 15 is 0 Å². The Labute approximate surface area is 174 Å². The van der Waals surface area contributed by atoms with Crippen molar-refractivity contribution in [3.05, 3.63) is 48.5 Å². The van der Waals surface area contributed by atoms with Crippen LogP contribution in [0.5, 0.6) is 5.75 Å². The topological polar surface area (TPSA) is 66.8 Å². The van der Waals surface area contributed by atoms with Crippen molar-refractivity contribution in [2.24, 2.45) is 5.92 Å². The molecule has 1 aliphatic heterocycles. The summed E-state index contributed by atoms with van der Waals surface area (Å²) in [6.07, 6.45) is 2.94. The van der Waals surface area contributed by atoms with Crippen LogP contribution >= 0.6 is 0 Å². The van der Waals surface area contributed by atoms with Crippen molar-refractivity contribution in [3.63, 3.8) is 0 Å². The van der Waals surface area contributed by atoms with Gasteiger partial charge in [-0.2, -0.15) is 0 Å². The molecular weight excluding hydrogens is 386 g/mol. The van der Waals surface area contributed by atoms with E-state index in [4.69, 9.17) is 4.74 Å². The van der Waals surface area contributed by atoms with Crippen molar-refractivity contribution >= 4 is 9.84 Å². The molecule has 1 heterocycles. The summed E-state index contributed by atoms with van der Waals surface area (Å²) in [6, 6.07) is 15.3. The molecule has 0 saturated carbocycles. The molecule has 29 heavy (non-hydrogen) atoms. The first-order chi connectivity index (χ1) is 13.7. The first kappa shape index (κ1) is 21.8. The molecule has 0 spiro atoms. The van der Waals surface area contributed by atoms with E-state index in [1.54, 1.807) is 6.07 Å². The van der Waals surface area contributed by atoms with Crippen LogP contribution in [0.2, 0.25) is 0 Å². The number of piperidine rings is 1. The molecule has 5 nitrogen and oxygen atoms in total.